The van der Waals surface area contributed by atoms with Crippen molar-refractivity contribution in [2.45, 2.75) is 13.1 Å². The van der Waals surface area contributed by atoms with Crippen molar-refractivity contribution in [2.75, 3.05) is 26.7 Å². The second-order valence-corrected chi connectivity index (χ2v) is 8.44. The zero-order chi connectivity index (χ0) is 21.9. The fraction of sp³-hybridized carbons (Fsp3) is 0.300. The lowest BCUT2D eigenvalue weighted by Crippen LogP contribution is -2.45. The van der Waals surface area contributed by atoms with Gasteiger partial charge in [0.25, 0.3) is 5.91 Å². The molecule has 160 valence electrons. The summed E-state index contributed by atoms with van der Waals surface area (Å²) in [7, 11) is 1.54. The van der Waals surface area contributed by atoms with Crippen LogP contribution < -0.4 is 0 Å². The number of likely N-dealkylation sites (N-methyl/N-ethyl adjacent to an activating group) is 1. The van der Waals surface area contributed by atoms with Gasteiger partial charge in [-0.05, 0) is 6.07 Å². The van der Waals surface area contributed by atoms with E-state index < -0.39 is 6.03 Å². The van der Waals surface area contributed by atoms with Gasteiger partial charge in [0.1, 0.15) is 13.1 Å². The Morgan fingerprint density at radius 2 is 2.00 bits per heavy atom. The molecule has 5 rings (SSSR count). The molecule has 1 aromatic carbocycles. The van der Waals surface area contributed by atoms with E-state index in [0.717, 1.165) is 32.6 Å². The second kappa shape index (κ2) is 7.28. The highest BCUT2D eigenvalue weighted by molar-refractivity contribution is 6.45. The Bertz CT molecular complexity index is 1240. The summed E-state index contributed by atoms with van der Waals surface area (Å²) in [5.41, 5.74) is 3.51. The number of carbonyl (C=O) groups excluding carboxylic acids is 3. The first-order valence-corrected chi connectivity index (χ1v) is 10.4. The van der Waals surface area contributed by atoms with Gasteiger partial charge < -0.3 is 14.4 Å². The molecule has 0 saturated carbocycles. The third-order valence-electron chi connectivity index (χ3n) is 5.82. The SMILES string of the molecule is CN1CC(=O)N(CC(=O)N2CCn3c(c(-c4cn[nH]c4)c4ccc(Cl)c(Cl)c43)C2)C1=O. The van der Waals surface area contributed by atoms with Gasteiger partial charge in [-0.25, -0.2) is 4.79 Å². The van der Waals surface area contributed by atoms with E-state index in [1.807, 2.05) is 6.07 Å². The molecule has 1 fully saturated rings. The number of fused-ring (bicyclic) bond motifs is 3. The minimum atomic E-state index is -0.454. The number of aromatic nitrogens is 3. The van der Waals surface area contributed by atoms with Gasteiger partial charge >= 0.3 is 6.03 Å². The highest BCUT2D eigenvalue weighted by Gasteiger charge is 2.37. The maximum absolute atomic E-state index is 13.0. The van der Waals surface area contributed by atoms with Crippen LogP contribution in [0.15, 0.2) is 24.5 Å². The molecule has 0 aliphatic carbocycles. The lowest BCUT2D eigenvalue weighted by molar-refractivity contribution is -0.137. The van der Waals surface area contributed by atoms with Crippen LogP contribution in [0.3, 0.4) is 0 Å². The van der Waals surface area contributed by atoms with Crippen LogP contribution in [0, 0.1) is 0 Å². The minimum Gasteiger partial charge on any atom is -0.339 e. The smallest absolute Gasteiger partial charge is 0.327 e. The number of hydrogen-bond donors (Lipinski definition) is 1. The number of nitrogens with one attached hydrogen (secondary N) is 1. The van der Waals surface area contributed by atoms with E-state index in [0.29, 0.717) is 29.7 Å². The molecule has 2 aliphatic rings. The number of aromatic amines is 1. The number of benzene rings is 1. The largest absolute Gasteiger partial charge is 0.339 e. The van der Waals surface area contributed by atoms with Crippen LogP contribution in [0.25, 0.3) is 22.0 Å². The van der Waals surface area contributed by atoms with E-state index in [1.54, 1.807) is 23.4 Å². The lowest BCUT2D eigenvalue weighted by Gasteiger charge is -2.30. The van der Waals surface area contributed by atoms with Gasteiger partial charge in [0, 0.05) is 48.5 Å². The molecule has 4 amide bonds. The summed E-state index contributed by atoms with van der Waals surface area (Å²) < 4.78 is 2.08. The number of imide groups is 1. The van der Waals surface area contributed by atoms with Crippen molar-refractivity contribution >= 4 is 52.0 Å². The first kappa shape index (κ1) is 19.9. The van der Waals surface area contributed by atoms with Crippen molar-refractivity contribution in [1.82, 2.24) is 29.5 Å². The predicted molar refractivity (Wildman–Crippen MR) is 115 cm³/mol. The number of halogens is 2. The second-order valence-electron chi connectivity index (χ2n) is 7.65. The van der Waals surface area contributed by atoms with E-state index in [9.17, 15) is 14.4 Å². The summed E-state index contributed by atoms with van der Waals surface area (Å²) in [5, 5.41) is 8.73. The molecule has 0 unspecified atom stereocenters. The fourth-order valence-corrected chi connectivity index (χ4v) is 4.72. The van der Waals surface area contributed by atoms with Crippen LogP contribution in [-0.2, 0) is 22.7 Å². The summed E-state index contributed by atoms with van der Waals surface area (Å²) in [4.78, 5) is 41.1. The molecular weight excluding hydrogens is 443 g/mol. The van der Waals surface area contributed by atoms with Crippen molar-refractivity contribution in [3.8, 4) is 11.1 Å². The van der Waals surface area contributed by atoms with E-state index in [2.05, 4.69) is 14.8 Å². The summed E-state index contributed by atoms with van der Waals surface area (Å²) in [6.07, 6.45) is 3.51. The van der Waals surface area contributed by atoms with E-state index in [1.165, 1.54) is 11.9 Å². The van der Waals surface area contributed by atoms with Gasteiger partial charge in [-0.15, -0.1) is 0 Å². The third-order valence-corrected chi connectivity index (χ3v) is 6.62. The molecule has 0 bridgehead atoms. The zero-order valence-corrected chi connectivity index (χ0v) is 18.1. The summed E-state index contributed by atoms with van der Waals surface area (Å²) >= 11 is 12.8. The first-order valence-electron chi connectivity index (χ1n) is 9.68. The summed E-state index contributed by atoms with van der Waals surface area (Å²) in [6, 6.07) is 3.22. The Balaban J connectivity index is 1.52. The molecule has 1 N–H and O–H groups in total. The quantitative estimate of drug-likeness (QED) is 0.607. The Labute approximate surface area is 187 Å². The molecule has 0 spiro atoms. The average Bonchev–Trinajstić information content (AvgIpc) is 3.44. The minimum absolute atomic E-state index is 0.00967. The average molecular weight is 461 g/mol. The number of carbonyl (C=O) groups is 3. The summed E-state index contributed by atoms with van der Waals surface area (Å²) in [5.74, 6) is -0.650. The number of H-pyrrole nitrogens is 1. The maximum Gasteiger partial charge on any atom is 0.327 e. The van der Waals surface area contributed by atoms with Crippen molar-refractivity contribution in [3.05, 3.63) is 40.3 Å². The van der Waals surface area contributed by atoms with Crippen LogP contribution in [-0.4, -0.2) is 74.0 Å². The Morgan fingerprint density at radius 1 is 1.19 bits per heavy atom. The summed E-state index contributed by atoms with van der Waals surface area (Å²) in [6.45, 7) is 0.973. The Kier molecular flexibility index (Phi) is 4.67. The van der Waals surface area contributed by atoms with Crippen molar-refractivity contribution < 1.29 is 14.4 Å². The van der Waals surface area contributed by atoms with Crippen LogP contribution in [0.5, 0.6) is 0 Å². The van der Waals surface area contributed by atoms with Crippen LogP contribution in [0.4, 0.5) is 4.79 Å². The first-order chi connectivity index (χ1) is 14.9. The molecule has 2 aromatic heterocycles. The predicted octanol–water partition coefficient (Wildman–Crippen LogP) is 2.57. The maximum atomic E-state index is 13.0. The van der Waals surface area contributed by atoms with Gasteiger partial charge in [0.2, 0.25) is 5.91 Å². The normalized spacial score (nSPS) is 16.5. The molecular formula is C20H18Cl2N6O3. The molecule has 9 nitrogen and oxygen atoms in total. The molecule has 11 heteroatoms. The highest BCUT2D eigenvalue weighted by Crippen LogP contribution is 2.42. The van der Waals surface area contributed by atoms with Gasteiger partial charge in [0.15, 0.2) is 0 Å². The molecule has 0 radical (unpaired) electrons. The van der Waals surface area contributed by atoms with E-state index >= 15 is 0 Å². The molecule has 2 aliphatic heterocycles. The molecule has 4 heterocycles. The highest BCUT2D eigenvalue weighted by atomic mass is 35.5. The van der Waals surface area contributed by atoms with Crippen molar-refractivity contribution in [3.63, 3.8) is 0 Å². The van der Waals surface area contributed by atoms with Crippen LogP contribution >= 0.6 is 23.2 Å². The fourth-order valence-electron chi connectivity index (χ4n) is 4.30. The van der Waals surface area contributed by atoms with E-state index in [4.69, 9.17) is 23.2 Å². The number of amides is 4. The lowest BCUT2D eigenvalue weighted by atomic mass is 10.0. The molecule has 31 heavy (non-hydrogen) atoms. The Hall–Kier alpha value is -3.04. The zero-order valence-electron chi connectivity index (χ0n) is 16.6. The number of nitrogens with zero attached hydrogens (tertiary/aromatic N) is 5. The molecule has 0 atom stereocenters. The van der Waals surface area contributed by atoms with Crippen molar-refractivity contribution in [2.24, 2.45) is 0 Å². The van der Waals surface area contributed by atoms with Gasteiger partial charge in [-0.1, -0.05) is 29.3 Å². The number of hydrogen-bond acceptors (Lipinski definition) is 4. The monoisotopic (exact) mass is 460 g/mol. The molecule has 1 saturated heterocycles. The van der Waals surface area contributed by atoms with Crippen LogP contribution in [0.2, 0.25) is 10.0 Å². The van der Waals surface area contributed by atoms with Gasteiger partial charge in [-0.3, -0.25) is 19.6 Å². The van der Waals surface area contributed by atoms with E-state index in [-0.39, 0.29) is 24.9 Å². The van der Waals surface area contributed by atoms with Gasteiger partial charge in [-0.2, -0.15) is 5.10 Å². The van der Waals surface area contributed by atoms with Crippen molar-refractivity contribution in [1.29, 1.82) is 0 Å². The number of urea groups is 1. The topological polar surface area (TPSA) is 94.5 Å². The van der Waals surface area contributed by atoms with Crippen LogP contribution in [0.1, 0.15) is 5.69 Å². The standard InChI is InChI=1S/C20H18Cl2N6O3/c1-25-9-16(30)28(20(25)31)10-15(29)26-4-5-27-14(8-26)17(11-6-23-24-7-11)12-2-3-13(21)18(22)19(12)27/h2-3,6-7H,4-5,8-10H2,1H3,(H,23,24). The number of rotatable bonds is 3. The Morgan fingerprint density at radius 3 is 2.68 bits per heavy atom. The third kappa shape index (κ3) is 3.07. The van der Waals surface area contributed by atoms with Gasteiger partial charge in [0.05, 0.1) is 28.3 Å². The molecule has 3 aromatic rings.